The number of aromatic nitrogens is 1. The number of rotatable bonds is 8. The molecule has 9 heteroatoms. The van der Waals surface area contributed by atoms with Crippen molar-refractivity contribution >= 4 is 32.3 Å². The van der Waals surface area contributed by atoms with Crippen LogP contribution in [0.4, 0.5) is 14.3 Å². The standard InChI is InChI=1S/C17H22FN3O3S2/c1-3-12(2)10-26(23,24)11-15-9-25-17(20-15)21-16(22)19-8-13-5-4-6-14(18)7-13/h4-7,9,12H,3,8,10-11H2,1-2H3,(H2,19,20,21,22). The average molecular weight is 400 g/mol. The van der Waals surface area contributed by atoms with Crippen LogP contribution >= 0.6 is 11.3 Å². The third-order valence-corrected chi connectivity index (χ3v) is 6.34. The number of hydrogen-bond donors (Lipinski definition) is 2. The van der Waals surface area contributed by atoms with Crippen molar-refractivity contribution in [3.63, 3.8) is 0 Å². The van der Waals surface area contributed by atoms with Crippen molar-refractivity contribution in [2.45, 2.75) is 32.6 Å². The molecule has 0 aliphatic rings. The summed E-state index contributed by atoms with van der Waals surface area (Å²) < 4.78 is 37.3. The number of nitrogens with zero attached hydrogens (tertiary/aromatic N) is 1. The van der Waals surface area contributed by atoms with Gasteiger partial charge in [0, 0.05) is 11.9 Å². The number of sulfone groups is 1. The minimum Gasteiger partial charge on any atom is -0.334 e. The van der Waals surface area contributed by atoms with Gasteiger partial charge in [-0.1, -0.05) is 32.4 Å². The highest BCUT2D eigenvalue weighted by molar-refractivity contribution is 7.90. The van der Waals surface area contributed by atoms with Gasteiger partial charge in [0.25, 0.3) is 0 Å². The number of amides is 2. The van der Waals surface area contributed by atoms with Crippen molar-refractivity contribution < 1.29 is 17.6 Å². The number of urea groups is 1. The summed E-state index contributed by atoms with van der Waals surface area (Å²) in [6, 6.07) is 5.45. The molecule has 26 heavy (non-hydrogen) atoms. The molecule has 0 radical (unpaired) electrons. The molecule has 0 bridgehead atoms. The maximum atomic E-state index is 13.1. The van der Waals surface area contributed by atoms with Gasteiger partial charge in [0.15, 0.2) is 15.0 Å². The van der Waals surface area contributed by atoms with Crippen LogP contribution in [-0.2, 0) is 22.1 Å². The molecule has 1 heterocycles. The van der Waals surface area contributed by atoms with Gasteiger partial charge in [-0.25, -0.2) is 22.6 Å². The van der Waals surface area contributed by atoms with Crippen molar-refractivity contribution in [3.8, 4) is 0 Å². The zero-order chi connectivity index (χ0) is 19.2. The summed E-state index contributed by atoms with van der Waals surface area (Å²) >= 11 is 1.16. The van der Waals surface area contributed by atoms with Crippen molar-refractivity contribution in [2.24, 2.45) is 5.92 Å². The summed E-state index contributed by atoms with van der Waals surface area (Å²) in [5.41, 5.74) is 1.05. The van der Waals surface area contributed by atoms with Crippen LogP contribution in [0.25, 0.3) is 0 Å². The maximum absolute atomic E-state index is 13.1. The number of nitrogens with one attached hydrogen (secondary N) is 2. The number of halogens is 1. The number of benzene rings is 1. The summed E-state index contributed by atoms with van der Waals surface area (Å²) in [5, 5.41) is 7.09. The van der Waals surface area contributed by atoms with Gasteiger partial charge in [0.05, 0.1) is 17.2 Å². The van der Waals surface area contributed by atoms with E-state index in [0.29, 0.717) is 16.4 Å². The first-order chi connectivity index (χ1) is 12.3. The summed E-state index contributed by atoms with van der Waals surface area (Å²) in [5.74, 6) is -0.282. The van der Waals surface area contributed by atoms with Crippen LogP contribution in [0.5, 0.6) is 0 Å². The molecule has 2 aromatic rings. The van der Waals surface area contributed by atoms with E-state index in [4.69, 9.17) is 0 Å². The number of thiazole rings is 1. The number of anilines is 1. The molecule has 1 aromatic heterocycles. The molecule has 0 saturated carbocycles. The third-order valence-electron chi connectivity index (χ3n) is 3.72. The smallest absolute Gasteiger partial charge is 0.321 e. The van der Waals surface area contributed by atoms with E-state index in [-0.39, 0.29) is 29.8 Å². The molecular weight excluding hydrogens is 377 g/mol. The molecule has 2 N–H and O–H groups in total. The fourth-order valence-electron chi connectivity index (χ4n) is 2.24. The van der Waals surface area contributed by atoms with E-state index in [1.807, 2.05) is 13.8 Å². The van der Waals surface area contributed by atoms with Crippen molar-refractivity contribution in [3.05, 3.63) is 46.7 Å². The lowest BCUT2D eigenvalue weighted by molar-refractivity contribution is 0.251. The zero-order valence-corrected chi connectivity index (χ0v) is 16.3. The Hall–Kier alpha value is -2.00. The van der Waals surface area contributed by atoms with Crippen LogP contribution in [0.2, 0.25) is 0 Å². The predicted octanol–water partition coefficient (Wildman–Crippen LogP) is 3.56. The SMILES string of the molecule is CCC(C)CS(=O)(=O)Cc1csc(NC(=O)NCc2cccc(F)c2)n1. The Labute approximate surface area is 156 Å². The lowest BCUT2D eigenvalue weighted by Crippen LogP contribution is -2.28. The van der Waals surface area contributed by atoms with Crippen LogP contribution in [0.3, 0.4) is 0 Å². The summed E-state index contributed by atoms with van der Waals surface area (Å²) in [4.78, 5) is 16.0. The first-order valence-corrected chi connectivity index (χ1v) is 10.9. The fourth-order valence-corrected chi connectivity index (χ4v) is 4.87. The second-order valence-electron chi connectivity index (χ2n) is 6.15. The van der Waals surface area contributed by atoms with Gasteiger partial charge in [-0.05, 0) is 23.6 Å². The largest absolute Gasteiger partial charge is 0.334 e. The Kier molecular flexibility index (Phi) is 7.10. The molecule has 0 saturated heterocycles. The van der Waals surface area contributed by atoms with Crippen LogP contribution in [0.15, 0.2) is 29.6 Å². The molecule has 142 valence electrons. The molecule has 1 unspecified atom stereocenters. The molecule has 1 atom stereocenters. The lowest BCUT2D eigenvalue weighted by atomic mass is 10.2. The van der Waals surface area contributed by atoms with Gasteiger partial charge >= 0.3 is 6.03 Å². The second kappa shape index (κ2) is 9.09. The van der Waals surface area contributed by atoms with E-state index in [2.05, 4.69) is 15.6 Å². The Balaban J connectivity index is 1.86. The van der Waals surface area contributed by atoms with E-state index >= 15 is 0 Å². The summed E-state index contributed by atoms with van der Waals surface area (Å²) in [6.45, 7) is 4.02. The summed E-state index contributed by atoms with van der Waals surface area (Å²) in [7, 11) is -3.23. The lowest BCUT2D eigenvalue weighted by Gasteiger charge is -2.08. The number of hydrogen-bond acceptors (Lipinski definition) is 5. The van der Waals surface area contributed by atoms with Gasteiger partial charge in [-0.3, -0.25) is 5.32 Å². The number of carbonyl (C=O) groups excluding carboxylic acids is 1. The van der Waals surface area contributed by atoms with Gasteiger partial charge < -0.3 is 5.32 Å². The Morgan fingerprint density at radius 3 is 2.85 bits per heavy atom. The summed E-state index contributed by atoms with van der Waals surface area (Å²) in [6.07, 6.45) is 0.800. The zero-order valence-electron chi connectivity index (χ0n) is 14.7. The topological polar surface area (TPSA) is 88.2 Å². The Morgan fingerprint density at radius 2 is 2.15 bits per heavy atom. The Morgan fingerprint density at radius 1 is 1.38 bits per heavy atom. The number of carbonyl (C=O) groups is 1. The molecule has 2 rings (SSSR count). The molecule has 0 aliphatic heterocycles. The van der Waals surface area contributed by atoms with Gasteiger partial charge in [0.2, 0.25) is 0 Å². The highest BCUT2D eigenvalue weighted by atomic mass is 32.2. The highest BCUT2D eigenvalue weighted by Crippen LogP contribution is 2.18. The van der Waals surface area contributed by atoms with Crippen LogP contribution < -0.4 is 10.6 Å². The Bertz CT molecular complexity index is 852. The molecule has 0 spiro atoms. The average Bonchev–Trinajstić information content (AvgIpc) is 2.98. The minimum atomic E-state index is -3.23. The predicted molar refractivity (Wildman–Crippen MR) is 101 cm³/mol. The highest BCUT2D eigenvalue weighted by Gasteiger charge is 2.18. The van der Waals surface area contributed by atoms with E-state index in [0.717, 1.165) is 17.8 Å². The van der Waals surface area contributed by atoms with Gasteiger partial charge in [0.1, 0.15) is 5.82 Å². The van der Waals surface area contributed by atoms with E-state index in [1.54, 1.807) is 17.5 Å². The van der Waals surface area contributed by atoms with E-state index in [1.165, 1.54) is 12.1 Å². The van der Waals surface area contributed by atoms with E-state index in [9.17, 15) is 17.6 Å². The first-order valence-electron chi connectivity index (χ1n) is 8.21. The minimum absolute atomic E-state index is 0.102. The third kappa shape index (κ3) is 6.72. The molecule has 1 aromatic carbocycles. The second-order valence-corrected chi connectivity index (χ2v) is 9.12. The quantitative estimate of drug-likeness (QED) is 0.710. The van der Waals surface area contributed by atoms with Gasteiger partial charge in [-0.15, -0.1) is 11.3 Å². The fraction of sp³-hybridized carbons (Fsp3) is 0.412. The molecule has 2 amide bonds. The molecule has 0 aliphatic carbocycles. The van der Waals surface area contributed by atoms with Crippen molar-refractivity contribution in [1.29, 1.82) is 0 Å². The monoisotopic (exact) mass is 399 g/mol. The molecule has 0 fully saturated rings. The normalized spacial score (nSPS) is 12.6. The van der Waals surface area contributed by atoms with Crippen LogP contribution in [-0.4, -0.2) is 25.2 Å². The van der Waals surface area contributed by atoms with Crippen molar-refractivity contribution in [1.82, 2.24) is 10.3 Å². The maximum Gasteiger partial charge on any atom is 0.321 e. The molecular formula is C17H22FN3O3S2. The van der Waals surface area contributed by atoms with E-state index < -0.39 is 15.9 Å². The van der Waals surface area contributed by atoms with Crippen molar-refractivity contribution in [2.75, 3.05) is 11.1 Å². The first kappa shape index (κ1) is 20.3. The van der Waals surface area contributed by atoms with Crippen LogP contribution in [0.1, 0.15) is 31.5 Å². The van der Waals surface area contributed by atoms with Crippen LogP contribution in [0, 0.1) is 11.7 Å². The van der Waals surface area contributed by atoms with Gasteiger partial charge in [-0.2, -0.15) is 0 Å². The molecule has 6 nitrogen and oxygen atoms in total.